The van der Waals surface area contributed by atoms with Crippen LogP contribution < -0.4 is 15.8 Å². The number of carbonyl (C=O) groups excluding carboxylic acids is 1. The minimum atomic E-state index is 0.0672. The smallest absolute Gasteiger partial charge is 0.237 e. The zero-order valence-electron chi connectivity index (χ0n) is 8.49. The largest absolute Gasteiger partial charge is 0.480 e. The number of methoxy groups -OCH3 is 1. The Morgan fingerprint density at radius 3 is 3.00 bits per heavy atom. The summed E-state index contributed by atoms with van der Waals surface area (Å²) >= 11 is 0. The van der Waals surface area contributed by atoms with Gasteiger partial charge in [0.05, 0.1) is 12.8 Å². The number of nitrogen functional groups attached to an aromatic ring is 1. The molecular formula is C10H13N3O2. The van der Waals surface area contributed by atoms with Gasteiger partial charge < -0.3 is 15.8 Å². The predicted octanol–water partition coefficient (Wildman–Crippen LogP) is 0.276. The van der Waals surface area contributed by atoms with Gasteiger partial charge >= 0.3 is 0 Å². The van der Waals surface area contributed by atoms with Gasteiger partial charge in [0, 0.05) is 24.6 Å². The summed E-state index contributed by atoms with van der Waals surface area (Å²) in [5.74, 6) is 0.622. The van der Waals surface area contributed by atoms with Gasteiger partial charge in [-0.2, -0.15) is 0 Å². The molecule has 0 unspecified atom stereocenters. The lowest BCUT2D eigenvalue weighted by atomic mass is 10.0. The van der Waals surface area contributed by atoms with Crippen LogP contribution in [-0.2, 0) is 4.79 Å². The van der Waals surface area contributed by atoms with Crippen molar-refractivity contribution in [3.05, 3.63) is 17.8 Å². The van der Waals surface area contributed by atoms with Gasteiger partial charge in [-0.25, -0.2) is 4.98 Å². The van der Waals surface area contributed by atoms with Crippen molar-refractivity contribution in [2.75, 3.05) is 19.4 Å². The van der Waals surface area contributed by atoms with E-state index in [4.69, 9.17) is 10.5 Å². The molecule has 1 saturated heterocycles. The third-order valence-corrected chi connectivity index (χ3v) is 2.50. The van der Waals surface area contributed by atoms with Gasteiger partial charge in [0.2, 0.25) is 11.8 Å². The summed E-state index contributed by atoms with van der Waals surface area (Å²) in [5, 5.41) is 2.77. The van der Waals surface area contributed by atoms with E-state index in [2.05, 4.69) is 10.3 Å². The molecular weight excluding hydrogens is 194 g/mol. The van der Waals surface area contributed by atoms with Gasteiger partial charge in [-0.1, -0.05) is 0 Å². The maximum Gasteiger partial charge on any atom is 0.237 e. The van der Waals surface area contributed by atoms with Crippen molar-refractivity contribution < 1.29 is 9.53 Å². The molecule has 1 atom stereocenters. The van der Waals surface area contributed by atoms with E-state index in [0.717, 1.165) is 5.69 Å². The third kappa shape index (κ3) is 1.86. The minimum Gasteiger partial charge on any atom is -0.480 e. The lowest BCUT2D eigenvalue weighted by molar-refractivity contribution is -0.119. The molecule has 1 aliphatic rings. The van der Waals surface area contributed by atoms with E-state index in [0.29, 0.717) is 24.5 Å². The summed E-state index contributed by atoms with van der Waals surface area (Å²) in [6.45, 7) is 0.638. The number of nitrogens with two attached hydrogens (primary N) is 1. The molecule has 15 heavy (non-hydrogen) atoms. The number of nitrogens with one attached hydrogen (secondary N) is 1. The molecule has 3 N–H and O–H groups in total. The molecule has 0 aliphatic carbocycles. The molecule has 1 fully saturated rings. The van der Waals surface area contributed by atoms with Crippen LogP contribution in [0.3, 0.4) is 0 Å². The summed E-state index contributed by atoms with van der Waals surface area (Å²) in [6, 6.07) is 3.59. The Hall–Kier alpha value is -1.78. The van der Waals surface area contributed by atoms with Crippen molar-refractivity contribution in [1.29, 1.82) is 0 Å². The van der Waals surface area contributed by atoms with Crippen molar-refractivity contribution in [2.24, 2.45) is 0 Å². The SMILES string of the molecule is COc1nc([C@H]2CNC(=O)C2)ccc1N. The molecule has 2 rings (SSSR count). The molecule has 0 saturated carbocycles. The lowest BCUT2D eigenvalue weighted by Crippen LogP contribution is -2.13. The maximum atomic E-state index is 11.1. The standard InChI is InChI=1S/C10H13N3O2/c1-15-10-7(11)2-3-8(13-10)6-4-9(14)12-5-6/h2-3,6H,4-5,11H2,1H3,(H,12,14)/t6-/m1/s1. The Balaban J connectivity index is 2.25. The molecule has 1 aromatic rings. The number of hydrogen-bond acceptors (Lipinski definition) is 4. The van der Waals surface area contributed by atoms with E-state index >= 15 is 0 Å². The fourth-order valence-electron chi connectivity index (χ4n) is 1.67. The first-order valence-corrected chi connectivity index (χ1v) is 4.78. The molecule has 1 aromatic heterocycles. The van der Waals surface area contributed by atoms with Gasteiger partial charge in [-0.05, 0) is 12.1 Å². The summed E-state index contributed by atoms with van der Waals surface area (Å²) < 4.78 is 5.03. The monoisotopic (exact) mass is 207 g/mol. The predicted molar refractivity (Wildman–Crippen MR) is 55.6 cm³/mol. The van der Waals surface area contributed by atoms with Crippen LogP contribution >= 0.6 is 0 Å². The molecule has 2 heterocycles. The molecule has 1 aliphatic heterocycles. The zero-order valence-corrected chi connectivity index (χ0v) is 8.49. The quantitative estimate of drug-likeness (QED) is 0.730. The van der Waals surface area contributed by atoms with Crippen molar-refractivity contribution in [3.63, 3.8) is 0 Å². The van der Waals surface area contributed by atoms with Crippen LogP contribution in [0.4, 0.5) is 5.69 Å². The molecule has 0 bridgehead atoms. The second kappa shape index (κ2) is 3.76. The highest BCUT2D eigenvalue weighted by Crippen LogP contribution is 2.26. The highest BCUT2D eigenvalue weighted by molar-refractivity contribution is 5.79. The average Bonchev–Trinajstić information content (AvgIpc) is 2.66. The number of ether oxygens (including phenoxy) is 1. The van der Waals surface area contributed by atoms with Gasteiger partial charge in [0.15, 0.2) is 0 Å². The molecule has 5 heteroatoms. The number of rotatable bonds is 2. The Morgan fingerprint density at radius 1 is 1.60 bits per heavy atom. The molecule has 0 spiro atoms. The minimum absolute atomic E-state index is 0.0672. The Bertz CT molecular complexity index is 392. The van der Waals surface area contributed by atoms with Gasteiger partial charge in [0.1, 0.15) is 0 Å². The molecule has 0 aromatic carbocycles. The van der Waals surface area contributed by atoms with E-state index in [1.54, 1.807) is 6.07 Å². The van der Waals surface area contributed by atoms with E-state index < -0.39 is 0 Å². The van der Waals surface area contributed by atoms with Crippen LogP contribution in [0, 0.1) is 0 Å². The third-order valence-electron chi connectivity index (χ3n) is 2.50. The van der Waals surface area contributed by atoms with Gasteiger partial charge in [-0.3, -0.25) is 4.79 Å². The molecule has 1 amide bonds. The zero-order chi connectivity index (χ0) is 10.8. The normalized spacial score (nSPS) is 20.1. The number of anilines is 1. The summed E-state index contributed by atoms with van der Waals surface area (Å²) in [7, 11) is 1.53. The highest BCUT2D eigenvalue weighted by atomic mass is 16.5. The molecule has 80 valence electrons. The van der Waals surface area contributed by atoms with Gasteiger partial charge in [-0.15, -0.1) is 0 Å². The van der Waals surface area contributed by atoms with Crippen molar-refractivity contribution in [2.45, 2.75) is 12.3 Å². The highest BCUT2D eigenvalue weighted by Gasteiger charge is 2.24. The van der Waals surface area contributed by atoms with Gasteiger partial charge in [0.25, 0.3) is 0 Å². The first kappa shape index (κ1) is 9.76. The van der Waals surface area contributed by atoms with Crippen LogP contribution in [0.15, 0.2) is 12.1 Å². The number of amides is 1. The Kier molecular flexibility index (Phi) is 2.45. The Morgan fingerprint density at radius 2 is 2.40 bits per heavy atom. The second-order valence-corrected chi connectivity index (χ2v) is 3.54. The number of nitrogens with zero attached hydrogens (tertiary/aromatic N) is 1. The van der Waals surface area contributed by atoms with E-state index in [1.807, 2.05) is 6.07 Å². The Labute approximate surface area is 87.6 Å². The van der Waals surface area contributed by atoms with Crippen LogP contribution in [0.25, 0.3) is 0 Å². The van der Waals surface area contributed by atoms with Crippen molar-refractivity contribution >= 4 is 11.6 Å². The van der Waals surface area contributed by atoms with Crippen molar-refractivity contribution in [1.82, 2.24) is 10.3 Å². The van der Waals surface area contributed by atoms with Crippen molar-refractivity contribution in [3.8, 4) is 5.88 Å². The van der Waals surface area contributed by atoms with Crippen LogP contribution in [0.5, 0.6) is 5.88 Å². The summed E-state index contributed by atoms with van der Waals surface area (Å²) in [6.07, 6.45) is 0.486. The van der Waals surface area contributed by atoms with E-state index in [1.165, 1.54) is 7.11 Å². The fourth-order valence-corrected chi connectivity index (χ4v) is 1.67. The van der Waals surface area contributed by atoms with E-state index in [-0.39, 0.29) is 11.8 Å². The molecule has 0 radical (unpaired) electrons. The topological polar surface area (TPSA) is 77.2 Å². The van der Waals surface area contributed by atoms with Crippen LogP contribution in [0.2, 0.25) is 0 Å². The number of aromatic nitrogens is 1. The number of carbonyl (C=O) groups is 1. The first-order chi connectivity index (χ1) is 7.20. The first-order valence-electron chi connectivity index (χ1n) is 4.78. The molecule has 5 nitrogen and oxygen atoms in total. The summed E-state index contributed by atoms with van der Waals surface area (Å²) in [5.41, 5.74) is 7.02. The van der Waals surface area contributed by atoms with Crippen LogP contribution in [-0.4, -0.2) is 24.5 Å². The average molecular weight is 207 g/mol. The summed E-state index contributed by atoms with van der Waals surface area (Å²) in [4.78, 5) is 15.3. The maximum absolute atomic E-state index is 11.1. The number of hydrogen-bond donors (Lipinski definition) is 2. The fraction of sp³-hybridized carbons (Fsp3) is 0.400. The van der Waals surface area contributed by atoms with Crippen LogP contribution in [0.1, 0.15) is 18.0 Å². The lowest BCUT2D eigenvalue weighted by Gasteiger charge is -2.09. The number of pyridine rings is 1. The van der Waals surface area contributed by atoms with E-state index in [9.17, 15) is 4.79 Å². The second-order valence-electron chi connectivity index (χ2n) is 3.54.